The van der Waals surface area contributed by atoms with Crippen molar-refractivity contribution in [2.75, 3.05) is 13.1 Å². The molecule has 7 nitrogen and oxygen atoms in total. The molecule has 1 saturated carbocycles. The fourth-order valence-electron chi connectivity index (χ4n) is 3.61. The lowest BCUT2D eigenvalue weighted by Crippen LogP contribution is -2.43. The smallest absolute Gasteiger partial charge is 0.289 e. The lowest BCUT2D eigenvalue weighted by molar-refractivity contribution is -0.139. The highest BCUT2D eigenvalue weighted by Crippen LogP contribution is 2.39. The molecule has 134 valence electrons. The van der Waals surface area contributed by atoms with E-state index in [0.717, 1.165) is 18.5 Å². The van der Waals surface area contributed by atoms with Crippen LogP contribution in [0.15, 0.2) is 18.0 Å². The predicted molar refractivity (Wildman–Crippen MR) is 89.7 cm³/mol. The second-order valence-electron chi connectivity index (χ2n) is 7.93. The van der Waals surface area contributed by atoms with Crippen molar-refractivity contribution >= 4 is 11.7 Å². The van der Waals surface area contributed by atoms with Crippen molar-refractivity contribution in [2.24, 2.45) is 0 Å². The van der Waals surface area contributed by atoms with Gasteiger partial charge in [-0.05, 0) is 39.5 Å². The predicted octanol–water partition coefficient (Wildman–Crippen LogP) is 1.97. The van der Waals surface area contributed by atoms with Crippen molar-refractivity contribution < 1.29 is 14.3 Å². The minimum Gasteiger partial charge on any atom is -0.481 e. The highest BCUT2D eigenvalue weighted by atomic mass is 16.5. The molecule has 0 bridgehead atoms. The largest absolute Gasteiger partial charge is 0.481 e. The van der Waals surface area contributed by atoms with E-state index in [0.29, 0.717) is 25.4 Å². The Morgan fingerprint density at radius 1 is 1.24 bits per heavy atom. The van der Waals surface area contributed by atoms with Gasteiger partial charge in [0.1, 0.15) is 5.60 Å². The van der Waals surface area contributed by atoms with Gasteiger partial charge in [0.25, 0.3) is 5.91 Å². The van der Waals surface area contributed by atoms with Crippen molar-refractivity contribution in [1.29, 1.82) is 0 Å². The quantitative estimate of drug-likeness (QED) is 0.838. The van der Waals surface area contributed by atoms with E-state index in [-0.39, 0.29) is 23.5 Å². The van der Waals surface area contributed by atoms with Gasteiger partial charge in [-0.3, -0.25) is 9.59 Å². The summed E-state index contributed by atoms with van der Waals surface area (Å²) < 4.78 is 7.69. The Bertz CT molecular complexity index is 724. The molecular formula is C18H24N4O3. The van der Waals surface area contributed by atoms with Crippen molar-refractivity contribution in [3.8, 4) is 0 Å². The molecule has 0 N–H and O–H groups in total. The van der Waals surface area contributed by atoms with Crippen LogP contribution in [-0.4, -0.2) is 50.3 Å². The molecule has 1 aliphatic carbocycles. The molecule has 1 saturated heterocycles. The first-order valence-electron chi connectivity index (χ1n) is 9.06. The summed E-state index contributed by atoms with van der Waals surface area (Å²) in [6, 6.07) is 0.281. The number of amides is 1. The zero-order valence-electron chi connectivity index (χ0n) is 14.8. The monoisotopic (exact) mass is 344 g/mol. The normalized spacial score (nSPS) is 24.0. The summed E-state index contributed by atoms with van der Waals surface area (Å²) in [5.41, 5.74) is 0.481. The second-order valence-corrected chi connectivity index (χ2v) is 7.93. The number of piperidine rings is 1. The highest BCUT2D eigenvalue weighted by molar-refractivity contribution is 6.01. The Balaban J connectivity index is 1.37. The third-order valence-corrected chi connectivity index (χ3v) is 5.14. The molecule has 0 aromatic carbocycles. The summed E-state index contributed by atoms with van der Waals surface area (Å²) in [6.07, 6.45) is 7.83. The standard InChI is InChI=1S/C18H24N4O3/c1-18(2)10-14(23)9-16(25-18)17(24)21-7-5-13(6-8-21)22-11-15(19-20-22)12-3-4-12/h9,11-13H,3-8,10H2,1-2H3. The number of aromatic nitrogens is 3. The van der Waals surface area contributed by atoms with Crippen LogP contribution in [-0.2, 0) is 14.3 Å². The Hall–Kier alpha value is -2.18. The zero-order chi connectivity index (χ0) is 17.6. The molecule has 0 spiro atoms. The van der Waals surface area contributed by atoms with E-state index in [1.165, 1.54) is 18.9 Å². The van der Waals surface area contributed by atoms with Crippen LogP contribution >= 0.6 is 0 Å². The molecule has 4 rings (SSSR count). The third-order valence-electron chi connectivity index (χ3n) is 5.14. The van der Waals surface area contributed by atoms with Crippen molar-refractivity contribution in [1.82, 2.24) is 19.9 Å². The van der Waals surface area contributed by atoms with Gasteiger partial charge in [0.15, 0.2) is 11.5 Å². The summed E-state index contributed by atoms with van der Waals surface area (Å²) in [7, 11) is 0. The van der Waals surface area contributed by atoms with Gasteiger partial charge in [-0.2, -0.15) is 0 Å². The summed E-state index contributed by atoms with van der Waals surface area (Å²) in [5.74, 6) is 0.546. The van der Waals surface area contributed by atoms with Crippen LogP contribution in [0.2, 0.25) is 0 Å². The Kier molecular flexibility index (Phi) is 3.89. The summed E-state index contributed by atoms with van der Waals surface area (Å²) in [6.45, 7) is 4.94. The minimum atomic E-state index is -0.616. The number of ketones is 1. The van der Waals surface area contributed by atoms with Crippen LogP contribution in [0.1, 0.15) is 63.6 Å². The molecule has 2 aliphatic heterocycles. The van der Waals surface area contributed by atoms with Crippen LogP contribution in [0.5, 0.6) is 0 Å². The van der Waals surface area contributed by atoms with E-state index in [2.05, 4.69) is 16.5 Å². The molecule has 2 fully saturated rings. The zero-order valence-corrected chi connectivity index (χ0v) is 14.8. The minimum absolute atomic E-state index is 0.0512. The van der Waals surface area contributed by atoms with Gasteiger partial charge >= 0.3 is 0 Å². The maximum atomic E-state index is 12.7. The van der Waals surface area contributed by atoms with Crippen molar-refractivity contribution in [3.05, 3.63) is 23.7 Å². The number of hydrogen-bond donors (Lipinski definition) is 0. The van der Waals surface area contributed by atoms with E-state index in [1.807, 2.05) is 18.5 Å². The Morgan fingerprint density at radius 3 is 2.60 bits per heavy atom. The first kappa shape index (κ1) is 16.3. The van der Waals surface area contributed by atoms with Gasteiger partial charge in [0.05, 0.1) is 11.7 Å². The fourth-order valence-corrected chi connectivity index (χ4v) is 3.61. The van der Waals surface area contributed by atoms with Crippen LogP contribution in [0, 0.1) is 0 Å². The summed E-state index contributed by atoms with van der Waals surface area (Å²) in [5, 5.41) is 8.54. The van der Waals surface area contributed by atoms with Crippen LogP contribution in [0.25, 0.3) is 0 Å². The lowest BCUT2D eigenvalue weighted by atomic mass is 9.98. The molecule has 3 aliphatic rings. The molecule has 25 heavy (non-hydrogen) atoms. The number of hydrogen-bond acceptors (Lipinski definition) is 5. The van der Waals surface area contributed by atoms with Crippen molar-refractivity contribution in [3.63, 3.8) is 0 Å². The number of carbonyl (C=O) groups excluding carboxylic acids is 2. The van der Waals surface area contributed by atoms with E-state index in [4.69, 9.17) is 4.74 Å². The Morgan fingerprint density at radius 2 is 1.96 bits per heavy atom. The van der Waals surface area contributed by atoms with Crippen molar-refractivity contribution in [2.45, 2.75) is 63.5 Å². The topological polar surface area (TPSA) is 77.3 Å². The average Bonchev–Trinajstić information content (AvgIpc) is 3.30. The first-order chi connectivity index (χ1) is 11.9. The number of carbonyl (C=O) groups is 2. The second kappa shape index (κ2) is 5.97. The van der Waals surface area contributed by atoms with Gasteiger partial charge in [0.2, 0.25) is 0 Å². The van der Waals surface area contributed by atoms with E-state index < -0.39 is 5.60 Å². The molecule has 1 aromatic rings. The summed E-state index contributed by atoms with van der Waals surface area (Å²) in [4.78, 5) is 26.3. The highest BCUT2D eigenvalue weighted by Gasteiger charge is 2.35. The van der Waals surface area contributed by atoms with Gasteiger partial charge in [-0.1, -0.05) is 5.21 Å². The third kappa shape index (κ3) is 3.45. The fraction of sp³-hybridized carbons (Fsp3) is 0.667. The average molecular weight is 344 g/mol. The molecule has 1 amide bonds. The van der Waals surface area contributed by atoms with E-state index in [1.54, 1.807) is 4.90 Å². The van der Waals surface area contributed by atoms with Crippen LogP contribution in [0.3, 0.4) is 0 Å². The molecule has 3 heterocycles. The van der Waals surface area contributed by atoms with E-state index >= 15 is 0 Å². The number of rotatable bonds is 3. The molecule has 0 radical (unpaired) electrons. The van der Waals surface area contributed by atoms with Crippen LogP contribution < -0.4 is 0 Å². The van der Waals surface area contributed by atoms with Gasteiger partial charge in [0, 0.05) is 37.7 Å². The number of allylic oxidation sites excluding steroid dienone is 1. The van der Waals surface area contributed by atoms with Gasteiger partial charge < -0.3 is 9.64 Å². The van der Waals surface area contributed by atoms with E-state index in [9.17, 15) is 9.59 Å². The summed E-state index contributed by atoms with van der Waals surface area (Å²) >= 11 is 0. The Labute approximate surface area is 147 Å². The molecule has 0 unspecified atom stereocenters. The first-order valence-corrected chi connectivity index (χ1v) is 9.06. The molecule has 1 aromatic heterocycles. The molecule has 7 heteroatoms. The number of likely N-dealkylation sites (tertiary alicyclic amines) is 1. The van der Waals surface area contributed by atoms with Gasteiger partial charge in [-0.25, -0.2) is 4.68 Å². The lowest BCUT2D eigenvalue weighted by Gasteiger charge is -2.35. The maximum Gasteiger partial charge on any atom is 0.289 e. The SMILES string of the molecule is CC1(C)CC(=O)C=C(C(=O)N2CCC(n3cc(C4CC4)nn3)CC2)O1. The van der Waals surface area contributed by atoms with Gasteiger partial charge in [-0.15, -0.1) is 5.10 Å². The van der Waals surface area contributed by atoms with Crippen LogP contribution in [0.4, 0.5) is 0 Å². The molecular weight excluding hydrogens is 320 g/mol. The number of ether oxygens (including phenoxy) is 1. The maximum absolute atomic E-state index is 12.7. The number of nitrogens with zero attached hydrogens (tertiary/aromatic N) is 4. The molecule has 0 atom stereocenters.